The van der Waals surface area contributed by atoms with Gasteiger partial charge in [0.2, 0.25) is 0 Å². The fourth-order valence-electron chi connectivity index (χ4n) is 5.23. The minimum absolute atomic E-state index is 0.0206. The van der Waals surface area contributed by atoms with Gasteiger partial charge in [-0.15, -0.1) is 0 Å². The summed E-state index contributed by atoms with van der Waals surface area (Å²) in [5, 5.41) is 10.9. The highest BCUT2D eigenvalue weighted by Crippen LogP contribution is 2.47. The Labute approximate surface area is 264 Å². The van der Waals surface area contributed by atoms with E-state index in [2.05, 4.69) is 23.4 Å². The fraction of sp³-hybridized carbons (Fsp3) is 0.324. The molecule has 0 fully saturated rings. The zero-order valence-electron chi connectivity index (χ0n) is 26.5. The van der Waals surface area contributed by atoms with Gasteiger partial charge < -0.3 is 19.1 Å². The molecule has 0 bridgehead atoms. The number of aliphatic hydroxyl groups is 1. The first kappa shape index (κ1) is 33.3. The van der Waals surface area contributed by atoms with E-state index in [1.165, 1.54) is 18.5 Å². The van der Waals surface area contributed by atoms with Gasteiger partial charge in [0.15, 0.2) is 12.2 Å². The number of hydrogen-bond donors (Lipinski definition) is 1. The zero-order chi connectivity index (χ0) is 32.6. The number of halogens is 1. The average Bonchev–Trinajstić information content (AvgIpc) is 3.30. The molecule has 8 heteroatoms. The second-order valence-electron chi connectivity index (χ2n) is 12.3. The second kappa shape index (κ2) is 14.9. The van der Waals surface area contributed by atoms with Crippen LogP contribution in [0, 0.1) is 5.82 Å². The fourth-order valence-corrected chi connectivity index (χ4v) is 5.23. The van der Waals surface area contributed by atoms with E-state index >= 15 is 0 Å². The molecule has 0 aliphatic heterocycles. The number of ether oxygens (including phenoxy) is 2. The highest BCUT2D eigenvalue weighted by molar-refractivity contribution is 5.95. The van der Waals surface area contributed by atoms with Crippen molar-refractivity contribution < 1.29 is 28.6 Å². The summed E-state index contributed by atoms with van der Waals surface area (Å²) in [5.74, 6) is -0.776. The molecule has 0 saturated heterocycles. The van der Waals surface area contributed by atoms with E-state index in [0.717, 1.165) is 33.8 Å². The van der Waals surface area contributed by atoms with E-state index < -0.39 is 29.9 Å². The van der Waals surface area contributed by atoms with Crippen LogP contribution in [-0.4, -0.2) is 39.5 Å². The number of hydrogen-bond acceptors (Lipinski definition) is 6. The molecule has 1 aromatic heterocycles. The topological polar surface area (TPSA) is 90.1 Å². The quantitative estimate of drug-likeness (QED) is 0.0711. The van der Waals surface area contributed by atoms with Crippen molar-refractivity contribution >= 4 is 23.8 Å². The number of benzene rings is 3. The molecule has 0 unspecified atom stereocenters. The van der Waals surface area contributed by atoms with Gasteiger partial charge in [0, 0.05) is 13.0 Å². The van der Waals surface area contributed by atoms with Crippen LogP contribution in [0.15, 0.2) is 89.9 Å². The maximum absolute atomic E-state index is 14.1. The third-order valence-corrected chi connectivity index (χ3v) is 7.02. The molecule has 1 atom stereocenters. The molecule has 0 amide bonds. The van der Waals surface area contributed by atoms with Crippen molar-refractivity contribution in [1.29, 1.82) is 0 Å². The summed E-state index contributed by atoms with van der Waals surface area (Å²) >= 11 is 0. The molecule has 45 heavy (non-hydrogen) atoms. The van der Waals surface area contributed by atoms with Crippen molar-refractivity contribution in [2.75, 3.05) is 0 Å². The molecule has 7 nitrogen and oxygen atoms in total. The van der Waals surface area contributed by atoms with Crippen molar-refractivity contribution in [3.05, 3.63) is 96.4 Å². The van der Waals surface area contributed by atoms with Gasteiger partial charge in [0.05, 0.1) is 28.7 Å². The van der Waals surface area contributed by atoms with Crippen molar-refractivity contribution in [3.8, 4) is 28.1 Å². The van der Waals surface area contributed by atoms with Gasteiger partial charge in [-0.05, 0) is 80.6 Å². The molecule has 0 saturated carbocycles. The van der Waals surface area contributed by atoms with Crippen molar-refractivity contribution in [1.82, 2.24) is 4.57 Å². The van der Waals surface area contributed by atoms with Gasteiger partial charge in [-0.2, -0.15) is 0 Å². The Morgan fingerprint density at radius 3 is 2.16 bits per heavy atom. The third-order valence-electron chi connectivity index (χ3n) is 7.02. The standard InChI is InChI=1S/C37H41FN2O5/c1-25(2)34-36(44-24-39-29-14-10-7-11-15-29)33(26-12-8-6-9-13-26)35(27-16-18-28(38)19-17-27)40(34)21-20-30(41)22-31(42)23-32(43)45-37(3,4)5/h6-19,24-25,30,41H,20-23H2,1-5H3/b39-24+/t30-/m1/s1. The number of ketones is 1. The highest BCUT2D eigenvalue weighted by Gasteiger charge is 2.29. The lowest BCUT2D eigenvalue weighted by Gasteiger charge is -2.20. The summed E-state index contributed by atoms with van der Waals surface area (Å²) in [6.45, 7) is 9.65. The van der Waals surface area contributed by atoms with Gasteiger partial charge in [-0.3, -0.25) is 9.59 Å². The van der Waals surface area contributed by atoms with E-state index in [0.29, 0.717) is 12.3 Å². The summed E-state index contributed by atoms with van der Waals surface area (Å²) in [4.78, 5) is 29.2. The van der Waals surface area contributed by atoms with Gasteiger partial charge in [-0.1, -0.05) is 62.4 Å². The molecule has 0 aliphatic rings. The van der Waals surface area contributed by atoms with E-state index in [-0.39, 0.29) is 24.6 Å². The number of nitrogens with zero attached hydrogens (tertiary/aromatic N) is 2. The molecule has 3 aromatic carbocycles. The normalized spacial score (nSPS) is 12.4. The van der Waals surface area contributed by atoms with Gasteiger partial charge in [-0.25, -0.2) is 9.38 Å². The third kappa shape index (κ3) is 9.22. The molecule has 0 aliphatic carbocycles. The number of carbonyl (C=O) groups excluding carboxylic acids is 2. The van der Waals surface area contributed by atoms with Crippen LogP contribution < -0.4 is 4.74 Å². The van der Waals surface area contributed by atoms with E-state index in [1.807, 2.05) is 60.7 Å². The maximum Gasteiger partial charge on any atom is 0.313 e. The predicted octanol–water partition coefficient (Wildman–Crippen LogP) is 8.27. The molecule has 236 valence electrons. The average molecular weight is 613 g/mol. The molecule has 0 radical (unpaired) electrons. The van der Waals surface area contributed by atoms with Crippen LogP contribution in [0.2, 0.25) is 0 Å². The first-order valence-corrected chi connectivity index (χ1v) is 15.2. The molecular weight excluding hydrogens is 571 g/mol. The van der Waals surface area contributed by atoms with Gasteiger partial charge >= 0.3 is 5.97 Å². The summed E-state index contributed by atoms with van der Waals surface area (Å²) in [6.07, 6.45) is 0.0856. The van der Waals surface area contributed by atoms with Crippen LogP contribution in [0.1, 0.15) is 65.5 Å². The van der Waals surface area contributed by atoms with Crippen LogP contribution in [0.25, 0.3) is 22.4 Å². The Bertz CT molecular complexity index is 1600. The number of para-hydroxylation sites is 1. The maximum atomic E-state index is 14.1. The van der Waals surface area contributed by atoms with Crippen LogP contribution in [0.4, 0.5) is 10.1 Å². The Kier molecular flexibility index (Phi) is 11.1. The van der Waals surface area contributed by atoms with E-state index in [9.17, 15) is 19.1 Å². The predicted molar refractivity (Wildman–Crippen MR) is 175 cm³/mol. The molecule has 4 rings (SSSR count). The summed E-state index contributed by atoms with van der Waals surface area (Å²) in [7, 11) is 0. The Morgan fingerprint density at radius 1 is 0.933 bits per heavy atom. The lowest BCUT2D eigenvalue weighted by Crippen LogP contribution is -2.26. The Balaban J connectivity index is 1.74. The minimum Gasteiger partial charge on any atom is -0.460 e. The number of esters is 1. The lowest BCUT2D eigenvalue weighted by atomic mass is 9.99. The summed E-state index contributed by atoms with van der Waals surface area (Å²) < 4.78 is 27.8. The molecule has 1 heterocycles. The molecule has 4 aromatic rings. The van der Waals surface area contributed by atoms with E-state index in [4.69, 9.17) is 9.47 Å². The monoisotopic (exact) mass is 612 g/mol. The van der Waals surface area contributed by atoms with Crippen LogP contribution in [0.3, 0.4) is 0 Å². The Hall–Kier alpha value is -4.56. The number of rotatable bonds is 13. The highest BCUT2D eigenvalue weighted by atomic mass is 19.1. The summed E-state index contributed by atoms with van der Waals surface area (Å²) in [5.41, 5.74) is 4.16. The molecular formula is C37H41FN2O5. The smallest absolute Gasteiger partial charge is 0.313 e. The van der Waals surface area contributed by atoms with Gasteiger partial charge in [0.25, 0.3) is 0 Å². The van der Waals surface area contributed by atoms with E-state index in [1.54, 1.807) is 32.9 Å². The van der Waals surface area contributed by atoms with Crippen molar-refractivity contribution in [2.45, 2.75) is 78.0 Å². The van der Waals surface area contributed by atoms with Crippen LogP contribution >= 0.6 is 0 Å². The van der Waals surface area contributed by atoms with Crippen molar-refractivity contribution in [2.24, 2.45) is 4.99 Å². The Morgan fingerprint density at radius 2 is 1.56 bits per heavy atom. The van der Waals surface area contributed by atoms with Crippen molar-refractivity contribution in [3.63, 3.8) is 0 Å². The SMILES string of the molecule is CC(C)c1c(O/C=N/c2ccccc2)c(-c2ccccc2)c(-c2ccc(F)cc2)n1CC[C@@H](O)CC(=O)CC(=O)OC(C)(C)C. The number of aliphatic hydroxyl groups excluding tert-OH is 1. The second-order valence-corrected chi connectivity index (χ2v) is 12.3. The first-order valence-electron chi connectivity index (χ1n) is 15.2. The summed E-state index contributed by atoms with van der Waals surface area (Å²) in [6, 6.07) is 25.5. The first-order chi connectivity index (χ1) is 21.4. The number of carbonyl (C=O) groups is 2. The number of aromatic nitrogens is 1. The van der Waals surface area contributed by atoms with Crippen LogP contribution in [-0.2, 0) is 20.9 Å². The van der Waals surface area contributed by atoms with Crippen LogP contribution in [0.5, 0.6) is 5.75 Å². The number of Topliss-reactive ketones (excluding diaryl/α,β-unsaturated/α-hetero) is 1. The molecule has 0 spiro atoms. The van der Waals surface area contributed by atoms with Gasteiger partial charge in [0.1, 0.15) is 23.6 Å². The largest absolute Gasteiger partial charge is 0.460 e. The zero-order valence-corrected chi connectivity index (χ0v) is 26.5. The minimum atomic E-state index is -0.993. The number of aliphatic imine (C=N–C) groups is 1. The lowest BCUT2D eigenvalue weighted by molar-refractivity contribution is -0.156. The molecule has 1 N–H and O–H groups in total.